The lowest BCUT2D eigenvalue weighted by molar-refractivity contribution is -0.151. The summed E-state index contributed by atoms with van der Waals surface area (Å²) in [5.41, 5.74) is 2.27. The summed E-state index contributed by atoms with van der Waals surface area (Å²) >= 11 is 0. The molecule has 1 aromatic carbocycles. The molecule has 0 amide bonds. The van der Waals surface area contributed by atoms with Gasteiger partial charge in [-0.25, -0.2) is 0 Å². The Morgan fingerprint density at radius 3 is 2.54 bits per heavy atom. The van der Waals surface area contributed by atoms with Crippen molar-refractivity contribution >= 4 is 0 Å². The average molecular weight is 383 g/mol. The van der Waals surface area contributed by atoms with Gasteiger partial charge in [0.1, 0.15) is 17.1 Å². The molecule has 1 aliphatic carbocycles. The SMILES string of the molecule is COc1ccc(OC)c(CN2CC3CCCC(C2)C3(O)c2ncccc2C)c1. The number of hydrogen-bond donors (Lipinski definition) is 1. The van der Waals surface area contributed by atoms with Crippen LogP contribution in [0.5, 0.6) is 11.5 Å². The number of aromatic nitrogens is 1. The molecule has 2 aromatic rings. The van der Waals surface area contributed by atoms with Crippen LogP contribution in [-0.4, -0.2) is 42.3 Å². The third-order valence-corrected chi connectivity index (χ3v) is 6.58. The summed E-state index contributed by atoms with van der Waals surface area (Å²) in [6.45, 7) is 4.58. The predicted octanol–water partition coefficient (Wildman–Crippen LogP) is 3.53. The number of aliphatic hydroxyl groups is 1. The van der Waals surface area contributed by atoms with Crippen molar-refractivity contribution in [1.29, 1.82) is 0 Å². The van der Waals surface area contributed by atoms with Crippen LogP contribution in [0.15, 0.2) is 36.5 Å². The summed E-state index contributed by atoms with van der Waals surface area (Å²) < 4.78 is 11.0. The Kier molecular flexibility index (Phi) is 5.30. The van der Waals surface area contributed by atoms with Crippen LogP contribution in [0, 0.1) is 18.8 Å². The Morgan fingerprint density at radius 1 is 1.14 bits per heavy atom. The number of benzene rings is 1. The van der Waals surface area contributed by atoms with Gasteiger partial charge >= 0.3 is 0 Å². The second-order valence-corrected chi connectivity index (χ2v) is 8.19. The quantitative estimate of drug-likeness (QED) is 0.857. The van der Waals surface area contributed by atoms with E-state index in [2.05, 4.69) is 28.9 Å². The van der Waals surface area contributed by atoms with Crippen LogP contribution >= 0.6 is 0 Å². The van der Waals surface area contributed by atoms with Gasteiger partial charge in [-0.3, -0.25) is 9.88 Å². The Morgan fingerprint density at radius 2 is 1.89 bits per heavy atom. The summed E-state index contributed by atoms with van der Waals surface area (Å²) in [6.07, 6.45) is 5.06. The lowest BCUT2D eigenvalue weighted by Gasteiger charge is -2.53. The molecule has 1 saturated heterocycles. The number of piperidine rings is 1. The molecule has 150 valence electrons. The first-order chi connectivity index (χ1) is 13.6. The fraction of sp³-hybridized carbons (Fsp3) is 0.522. The molecule has 2 atom stereocenters. The molecule has 2 aliphatic rings. The van der Waals surface area contributed by atoms with Crippen molar-refractivity contribution < 1.29 is 14.6 Å². The molecule has 1 aromatic heterocycles. The van der Waals surface area contributed by atoms with Crippen molar-refractivity contribution in [3.05, 3.63) is 53.3 Å². The number of aryl methyl sites for hydroxylation is 1. The van der Waals surface area contributed by atoms with Gasteiger partial charge in [0.05, 0.1) is 19.9 Å². The first kappa shape index (κ1) is 19.2. The number of rotatable bonds is 5. The van der Waals surface area contributed by atoms with E-state index in [9.17, 15) is 5.11 Å². The molecule has 2 heterocycles. The normalized spacial score (nSPS) is 27.4. The standard InChI is InChI=1S/C23H30N2O3/c1-16-6-5-11-24-22(16)23(26)18-7-4-8-19(23)15-25(14-18)13-17-12-20(27-2)9-10-21(17)28-3/h5-6,9-12,18-19,26H,4,7-8,13-15H2,1-3H3. The molecule has 4 rings (SSSR count). The summed E-state index contributed by atoms with van der Waals surface area (Å²) in [6, 6.07) is 9.95. The van der Waals surface area contributed by atoms with Gasteiger partial charge in [0, 0.05) is 43.2 Å². The van der Waals surface area contributed by atoms with Crippen LogP contribution in [0.2, 0.25) is 0 Å². The van der Waals surface area contributed by atoms with Crippen molar-refractivity contribution in [2.45, 2.75) is 38.3 Å². The third kappa shape index (κ3) is 3.27. The molecule has 2 unspecified atom stereocenters. The molecular weight excluding hydrogens is 352 g/mol. The van der Waals surface area contributed by atoms with Crippen LogP contribution in [0.4, 0.5) is 0 Å². The fourth-order valence-corrected chi connectivity index (χ4v) is 5.21. The van der Waals surface area contributed by atoms with Gasteiger partial charge in [0.15, 0.2) is 0 Å². The number of methoxy groups -OCH3 is 2. The second kappa shape index (κ2) is 7.72. The maximum atomic E-state index is 11.8. The highest BCUT2D eigenvalue weighted by Gasteiger charge is 2.52. The molecule has 1 saturated carbocycles. The maximum Gasteiger partial charge on any atom is 0.123 e. The van der Waals surface area contributed by atoms with E-state index < -0.39 is 5.60 Å². The Hall–Kier alpha value is -2.11. The van der Waals surface area contributed by atoms with Crippen molar-refractivity contribution in [2.75, 3.05) is 27.3 Å². The summed E-state index contributed by atoms with van der Waals surface area (Å²) in [5, 5.41) is 11.8. The first-order valence-corrected chi connectivity index (χ1v) is 10.1. The highest BCUT2D eigenvalue weighted by atomic mass is 16.5. The van der Waals surface area contributed by atoms with E-state index in [4.69, 9.17) is 9.47 Å². The Bertz CT molecular complexity index is 824. The van der Waals surface area contributed by atoms with Gasteiger partial charge in [-0.05, 0) is 49.6 Å². The molecule has 5 nitrogen and oxygen atoms in total. The van der Waals surface area contributed by atoms with Gasteiger partial charge in [-0.2, -0.15) is 0 Å². The van der Waals surface area contributed by atoms with E-state index in [0.29, 0.717) is 0 Å². The minimum Gasteiger partial charge on any atom is -0.497 e. The van der Waals surface area contributed by atoms with Crippen molar-refractivity contribution in [2.24, 2.45) is 11.8 Å². The van der Waals surface area contributed by atoms with Crippen LogP contribution < -0.4 is 9.47 Å². The predicted molar refractivity (Wildman–Crippen MR) is 109 cm³/mol. The number of fused-ring (bicyclic) bond motifs is 2. The molecule has 28 heavy (non-hydrogen) atoms. The molecule has 5 heteroatoms. The van der Waals surface area contributed by atoms with Gasteiger partial charge in [0.2, 0.25) is 0 Å². The van der Waals surface area contributed by atoms with Gasteiger partial charge in [-0.15, -0.1) is 0 Å². The molecular formula is C23H30N2O3. The lowest BCUT2D eigenvalue weighted by Crippen LogP contribution is -2.58. The van der Waals surface area contributed by atoms with E-state index >= 15 is 0 Å². The minimum atomic E-state index is -0.821. The maximum absolute atomic E-state index is 11.8. The minimum absolute atomic E-state index is 0.199. The molecule has 1 N–H and O–H groups in total. The smallest absolute Gasteiger partial charge is 0.123 e. The fourth-order valence-electron chi connectivity index (χ4n) is 5.21. The van der Waals surface area contributed by atoms with Crippen molar-refractivity contribution in [3.63, 3.8) is 0 Å². The van der Waals surface area contributed by atoms with E-state index in [1.807, 2.05) is 24.4 Å². The van der Waals surface area contributed by atoms with E-state index in [1.54, 1.807) is 14.2 Å². The van der Waals surface area contributed by atoms with Crippen LogP contribution in [0.3, 0.4) is 0 Å². The van der Waals surface area contributed by atoms with Gasteiger partial charge in [0.25, 0.3) is 0 Å². The zero-order chi connectivity index (χ0) is 19.7. The zero-order valence-electron chi connectivity index (χ0n) is 17.0. The van der Waals surface area contributed by atoms with Crippen molar-refractivity contribution in [3.8, 4) is 11.5 Å². The summed E-state index contributed by atoms with van der Waals surface area (Å²) in [5.74, 6) is 2.12. The van der Waals surface area contributed by atoms with Crippen LogP contribution in [0.25, 0.3) is 0 Å². The van der Waals surface area contributed by atoms with E-state index in [1.165, 1.54) is 6.42 Å². The summed E-state index contributed by atoms with van der Waals surface area (Å²) in [4.78, 5) is 7.07. The molecule has 2 fully saturated rings. The number of pyridine rings is 1. The number of ether oxygens (including phenoxy) is 2. The van der Waals surface area contributed by atoms with Crippen LogP contribution in [-0.2, 0) is 12.1 Å². The molecule has 0 spiro atoms. The van der Waals surface area contributed by atoms with Crippen molar-refractivity contribution in [1.82, 2.24) is 9.88 Å². The van der Waals surface area contributed by atoms with Crippen LogP contribution in [0.1, 0.15) is 36.1 Å². The lowest BCUT2D eigenvalue weighted by atomic mass is 9.63. The second-order valence-electron chi connectivity index (χ2n) is 8.19. The topological polar surface area (TPSA) is 54.8 Å². The van der Waals surface area contributed by atoms with Gasteiger partial charge in [-0.1, -0.05) is 12.5 Å². The number of nitrogens with zero attached hydrogens (tertiary/aromatic N) is 2. The zero-order valence-corrected chi connectivity index (χ0v) is 17.0. The monoisotopic (exact) mass is 382 g/mol. The molecule has 1 aliphatic heterocycles. The Balaban J connectivity index is 1.60. The number of hydrogen-bond acceptors (Lipinski definition) is 5. The van der Waals surface area contributed by atoms with E-state index in [-0.39, 0.29) is 11.8 Å². The van der Waals surface area contributed by atoms with Gasteiger partial charge < -0.3 is 14.6 Å². The molecule has 0 radical (unpaired) electrons. The highest BCUT2D eigenvalue weighted by Crippen LogP contribution is 2.49. The molecule has 2 bridgehead atoms. The average Bonchev–Trinajstić information content (AvgIpc) is 2.69. The number of likely N-dealkylation sites (tertiary alicyclic amines) is 1. The summed E-state index contributed by atoms with van der Waals surface area (Å²) in [7, 11) is 3.39. The largest absolute Gasteiger partial charge is 0.497 e. The van der Waals surface area contributed by atoms with E-state index in [0.717, 1.165) is 60.8 Å². The Labute approximate surface area is 167 Å². The highest BCUT2D eigenvalue weighted by molar-refractivity contribution is 5.40. The first-order valence-electron chi connectivity index (χ1n) is 10.1. The third-order valence-electron chi connectivity index (χ3n) is 6.58.